The number of sulfonamides is 1. The van der Waals surface area contributed by atoms with Gasteiger partial charge in [-0.2, -0.15) is 0 Å². The normalized spacial score (nSPS) is 14.0. The van der Waals surface area contributed by atoms with Crippen molar-refractivity contribution >= 4 is 27.6 Å². The Morgan fingerprint density at radius 3 is 2.73 bits per heavy atom. The molecule has 0 bridgehead atoms. The van der Waals surface area contributed by atoms with E-state index in [0.29, 0.717) is 13.0 Å². The molecule has 0 saturated heterocycles. The van der Waals surface area contributed by atoms with Gasteiger partial charge in [0.05, 0.1) is 4.90 Å². The van der Waals surface area contributed by atoms with Crippen LogP contribution >= 0.6 is 0 Å². The van der Waals surface area contributed by atoms with Gasteiger partial charge in [0.25, 0.3) is 0 Å². The van der Waals surface area contributed by atoms with Crippen LogP contribution in [0.4, 0.5) is 5.69 Å². The molecule has 1 aromatic carbocycles. The fourth-order valence-corrected chi connectivity index (χ4v) is 3.53. The van der Waals surface area contributed by atoms with Gasteiger partial charge in [0.2, 0.25) is 15.9 Å². The van der Waals surface area contributed by atoms with Gasteiger partial charge in [0.1, 0.15) is 0 Å². The zero-order chi connectivity index (χ0) is 16.3. The van der Waals surface area contributed by atoms with Gasteiger partial charge in [-0.15, -0.1) is 0 Å². The van der Waals surface area contributed by atoms with Gasteiger partial charge in [0.15, 0.2) is 0 Å². The largest absolute Gasteiger partial charge is 0.481 e. The molecule has 1 aliphatic heterocycles. The lowest BCUT2D eigenvalue weighted by Crippen LogP contribution is -2.26. The number of carboxylic acids is 1. The molecule has 0 unspecified atom stereocenters. The van der Waals surface area contributed by atoms with Crippen LogP contribution in [0.25, 0.3) is 0 Å². The third-order valence-electron chi connectivity index (χ3n) is 3.50. The summed E-state index contributed by atoms with van der Waals surface area (Å²) in [6.45, 7) is 2.11. The molecule has 22 heavy (non-hydrogen) atoms. The minimum atomic E-state index is -3.66. The molecule has 8 heteroatoms. The highest BCUT2D eigenvalue weighted by Gasteiger charge is 2.24. The molecule has 120 valence electrons. The van der Waals surface area contributed by atoms with Gasteiger partial charge in [-0.25, -0.2) is 13.1 Å². The second-order valence-corrected chi connectivity index (χ2v) is 6.87. The number of anilines is 1. The third kappa shape index (κ3) is 3.63. The van der Waals surface area contributed by atoms with Crippen LogP contribution in [0, 0.1) is 0 Å². The fraction of sp³-hybridized carbons (Fsp3) is 0.429. The number of carbonyl (C=O) groups excluding carboxylic acids is 1. The molecule has 0 saturated carbocycles. The Morgan fingerprint density at radius 2 is 2.09 bits per heavy atom. The van der Waals surface area contributed by atoms with E-state index in [-0.39, 0.29) is 30.2 Å². The van der Waals surface area contributed by atoms with E-state index in [1.165, 1.54) is 13.0 Å². The van der Waals surface area contributed by atoms with Crippen molar-refractivity contribution in [3.8, 4) is 0 Å². The number of aliphatic carboxylic acids is 1. The maximum atomic E-state index is 12.2. The number of nitrogens with one attached hydrogen (secondary N) is 1. The molecule has 7 nitrogen and oxygen atoms in total. The predicted molar refractivity (Wildman–Crippen MR) is 80.2 cm³/mol. The average molecular weight is 326 g/mol. The van der Waals surface area contributed by atoms with Crippen LogP contribution in [0.5, 0.6) is 0 Å². The molecule has 0 fully saturated rings. The van der Waals surface area contributed by atoms with E-state index < -0.39 is 16.0 Å². The average Bonchev–Trinajstić information content (AvgIpc) is 2.86. The van der Waals surface area contributed by atoms with Crippen LogP contribution in [0.3, 0.4) is 0 Å². The molecule has 1 heterocycles. The van der Waals surface area contributed by atoms with E-state index in [1.807, 2.05) is 0 Å². The molecule has 0 spiro atoms. The van der Waals surface area contributed by atoms with Gasteiger partial charge in [-0.05, 0) is 36.6 Å². The predicted octanol–water partition coefficient (Wildman–Crippen LogP) is 0.739. The first-order valence-electron chi connectivity index (χ1n) is 6.94. The first-order valence-corrected chi connectivity index (χ1v) is 8.42. The van der Waals surface area contributed by atoms with Gasteiger partial charge >= 0.3 is 5.97 Å². The second kappa shape index (κ2) is 6.45. The first-order chi connectivity index (χ1) is 10.3. The highest BCUT2D eigenvalue weighted by Crippen LogP contribution is 2.30. The van der Waals surface area contributed by atoms with Gasteiger partial charge < -0.3 is 10.0 Å². The summed E-state index contributed by atoms with van der Waals surface area (Å²) in [5, 5.41) is 8.53. The Morgan fingerprint density at radius 1 is 1.36 bits per heavy atom. The summed E-state index contributed by atoms with van der Waals surface area (Å²) in [4.78, 5) is 23.6. The summed E-state index contributed by atoms with van der Waals surface area (Å²) < 4.78 is 26.7. The lowest BCUT2D eigenvalue weighted by molar-refractivity contribution is -0.137. The molecule has 1 aliphatic rings. The third-order valence-corrected chi connectivity index (χ3v) is 4.96. The first kappa shape index (κ1) is 16.4. The summed E-state index contributed by atoms with van der Waals surface area (Å²) in [7, 11) is -3.66. The SMILES string of the molecule is CC(=O)N1CCc2cc(S(=O)(=O)NCCCC(=O)O)ccc21. The number of hydrogen-bond donors (Lipinski definition) is 2. The summed E-state index contributed by atoms with van der Waals surface area (Å²) in [5.74, 6) is -1.03. The molecule has 1 aromatic rings. The number of nitrogens with zero attached hydrogens (tertiary/aromatic N) is 1. The van der Waals surface area contributed by atoms with Crippen molar-refractivity contribution in [2.24, 2.45) is 0 Å². The van der Waals surface area contributed by atoms with Crippen LogP contribution in [0.2, 0.25) is 0 Å². The van der Waals surface area contributed by atoms with Gasteiger partial charge in [-0.1, -0.05) is 0 Å². The summed E-state index contributed by atoms with van der Waals surface area (Å²) in [6.07, 6.45) is 0.773. The molecule has 0 aliphatic carbocycles. The Hall–Kier alpha value is -1.93. The van der Waals surface area contributed by atoms with E-state index in [1.54, 1.807) is 17.0 Å². The van der Waals surface area contributed by atoms with Crippen molar-refractivity contribution < 1.29 is 23.1 Å². The fourth-order valence-electron chi connectivity index (χ4n) is 2.40. The van der Waals surface area contributed by atoms with E-state index in [0.717, 1.165) is 11.3 Å². The maximum absolute atomic E-state index is 12.2. The second-order valence-electron chi connectivity index (χ2n) is 5.11. The molecule has 2 N–H and O–H groups in total. The van der Waals surface area contributed by atoms with Crippen LogP contribution < -0.4 is 9.62 Å². The Bertz CT molecular complexity index is 699. The minimum Gasteiger partial charge on any atom is -0.481 e. The number of carbonyl (C=O) groups is 2. The van der Waals surface area contributed by atoms with Crippen molar-refractivity contribution in [2.45, 2.75) is 31.1 Å². The van der Waals surface area contributed by atoms with Crippen LogP contribution in [0.1, 0.15) is 25.3 Å². The highest BCUT2D eigenvalue weighted by molar-refractivity contribution is 7.89. The Labute approximate surface area is 129 Å². The van der Waals surface area contributed by atoms with E-state index in [4.69, 9.17) is 5.11 Å². The maximum Gasteiger partial charge on any atom is 0.303 e. The molecule has 1 amide bonds. The van der Waals surface area contributed by atoms with E-state index in [9.17, 15) is 18.0 Å². The Balaban J connectivity index is 2.10. The van der Waals surface area contributed by atoms with Crippen molar-refractivity contribution in [3.05, 3.63) is 23.8 Å². The lowest BCUT2D eigenvalue weighted by atomic mass is 10.2. The lowest BCUT2D eigenvalue weighted by Gasteiger charge is -2.15. The molecule has 0 aromatic heterocycles. The Kier molecular flexibility index (Phi) is 4.82. The summed E-state index contributed by atoms with van der Waals surface area (Å²) in [5.41, 5.74) is 1.57. The standard InChI is InChI=1S/C14H18N2O5S/c1-10(17)16-8-6-11-9-12(4-5-13(11)16)22(20,21)15-7-2-3-14(18)19/h4-5,9,15H,2-3,6-8H2,1H3,(H,18,19). The molecular formula is C14H18N2O5S. The van der Waals surface area contributed by atoms with Crippen molar-refractivity contribution in [3.63, 3.8) is 0 Å². The van der Waals surface area contributed by atoms with Gasteiger partial charge in [0, 0.05) is 32.1 Å². The minimum absolute atomic E-state index is 0.0684. The number of benzene rings is 1. The zero-order valence-corrected chi connectivity index (χ0v) is 13.0. The topological polar surface area (TPSA) is 104 Å². The molecule has 0 atom stereocenters. The van der Waals surface area contributed by atoms with Crippen LogP contribution in [0.15, 0.2) is 23.1 Å². The molecule has 0 radical (unpaired) electrons. The number of hydrogen-bond acceptors (Lipinski definition) is 4. The summed E-state index contributed by atoms with van der Waals surface area (Å²) >= 11 is 0. The monoisotopic (exact) mass is 326 g/mol. The van der Waals surface area contributed by atoms with Crippen LogP contribution in [-0.2, 0) is 26.0 Å². The molecule has 2 rings (SSSR count). The van der Waals surface area contributed by atoms with E-state index >= 15 is 0 Å². The number of carboxylic acid groups (broad SMARTS) is 1. The van der Waals surface area contributed by atoms with Crippen molar-refractivity contribution in [1.82, 2.24) is 4.72 Å². The smallest absolute Gasteiger partial charge is 0.303 e. The quantitative estimate of drug-likeness (QED) is 0.750. The number of fused-ring (bicyclic) bond motifs is 1. The van der Waals surface area contributed by atoms with E-state index in [2.05, 4.69) is 4.72 Å². The number of rotatable bonds is 6. The van der Waals surface area contributed by atoms with Gasteiger partial charge in [-0.3, -0.25) is 9.59 Å². The van der Waals surface area contributed by atoms with Crippen LogP contribution in [-0.4, -0.2) is 38.5 Å². The number of amides is 1. The van der Waals surface area contributed by atoms with Crippen molar-refractivity contribution in [2.75, 3.05) is 18.0 Å². The zero-order valence-electron chi connectivity index (χ0n) is 12.2. The highest BCUT2D eigenvalue weighted by atomic mass is 32.2. The summed E-state index contributed by atoms with van der Waals surface area (Å²) in [6, 6.07) is 4.66. The molecular weight excluding hydrogens is 308 g/mol. The van der Waals surface area contributed by atoms with Crippen molar-refractivity contribution in [1.29, 1.82) is 0 Å².